The molecule has 1 aliphatic rings. The third kappa shape index (κ3) is 7.42. The van der Waals surface area contributed by atoms with E-state index in [-0.39, 0.29) is 22.8 Å². The van der Waals surface area contributed by atoms with Crippen molar-refractivity contribution >= 4 is 28.7 Å². The summed E-state index contributed by atoms with van der Waals surface area (Å²) in [6, 6.07) is 18.1. The number of carbonyl (C=O) groups excluding carboxylic acids is 1. The van der Waals surface area contributed by atoms with Crippen LogP contribution in [-0.2, 0) is 6.54 Å². The molecule has 7 rings (SSSR count). The topological polar surface area (TPSA) is 156 Å². The summed E-state index contributed by atoms with van der Waals surface area (Å²) >= 11 is 0. The number of amides is 2. The van der Waals surface area contributed by atoms with Crippen LogP contribution in [0, 0.1) is 11.6 Å². The molecule has 53 heavy (non-hydrogen) atoms. The summed E-state index contributed by atoms with van der Waals surface area (Å²) in [4.78, 5) is 61.7. The molecule has 4 heterocycles. The van der Waals surface area contributed by atoms with Gasteiger partial charge in [-0.1, -0.05) is 36.4 Å². The van der Waals surface area contributed by atoms with E-state index < -0.39 is 40.9 Å². The minimum atomic E-state index is -0.983. The number of halogens is 2. The number of rotatable bonds is 10. The number of hydrogen-bond donors (Lipinski definition) is 3. The van der Waals surface area contributed by atoms with Crippen LogP contribution in [-0.4, -0.2) is 71.7 Å². The van der Waals surface area contributed by atoms with Gasteiger partial charge < -0.3 is 25.0 Å². The predicted molar refractivity (Wildman–Crippen MR) is 193 cm³/mol. The minimum Gasteiger partial charge on any atom is -0.465 e. The third-order valence-corrected chi connectivity index (χ3v) is 9.61. The van der Waals surface area contributed by atoms with E-state index in [1.54, 1.807) is 12.1 Å². The second-order valence-corrected chi connectivity index (χ2v) is 13.2. The average molecular weight is 723 g/mol. The highest BCUT2D eigenvalue weighted by atomic mass is 19.1. The Labute approximate surface area is 301 Å². The van der Waals surface area contributed by atoms with Crippen molar-refractivity contribution in [2.24, 2.45) is 0 Å². The quantitative estimate of drug-likeness (QED) is 0.171. The molecular formula is C38H36F2N8O5. The second kappa shape index (κ2) is 14.8. The lowest BCUT2D eigenvalue weighted by molar-refractivity contribution is 0.0917. The number of carboxylic acid groups (broad SMARTS) is 1. The zero-order valence-corrected chi connectivity index (χ0v) is 28.7. The maximum atomic E-state index is 14.5. The lowest BCUT2D eigenvalue weighted by atomic mass is 9.90. The molecule has 6 aromatic rings. The van der Waals surface area contributed by atoms with E-state index in [2.05, 4.69) is 20.6 Å². The molecule has 2 amide bonds. The number of nitrogens with one attached hydrogen (secondary N) is 2. The molecule has 15 heteroatoms. The van der Waals surface area contributed by atoms with E-state index in [4.69, 9.17) is 5.11 Å². The molecule has 1 saturated carbocycles. The lowest BCUT2D eigenvalue weighted by Crippen LogP contribution is -2.45. The molecule has 2 aromatic carbocycles. The Bertz CT molecular complexity index is 2450. The van der Waals surface area contributed by atoms with E-state index in [1.165, 1.54) is 50.0 Å². The highest BCUT2D eigenvalue weighted by Gasteiger charge is 2.28. The van der Waals surface area contributed by atoms with Gasteiger partial charge in [0.25, 0.3) is 11.5 Å². The van der Waals surface area contributed by atoms with Crippen molar-refractivity contribution in [2.75, 3.05) is 20.1 Å². The first-order chi connectivity index (χ1) is 25.5. The average Bonchev–Trinajstić information content (AvgIpc) is 3.58. The van der Waals surface area contributed by atoms with Gasteiger partial charge in [0.15, 0.2) is 5.65 Å². The van der Waals surface area contributed by atoms with E-state index in [1.807, 2.05) is 36.4 Å². The number of benzene rings is 2. The standard InChI is InChI=1S/C38H36F2N8O5/c1-45(38(52)53)16-15-41-19-23-5-7-24(8-6-23)25-3-2-4-30(17-25)47-34-31(18-27(40)20-42-34)36(50)48(37(47)51)29-12-10-28(11-13-29)43-35(49)32-22-46-21-26(39)9-14-33(46)44-32/h2-9,14,17-18,20-22,28-29,41H,10-13,15-16,19H2,1H3,(H,43,49)(H,52,53). The molecule has 0 saturated heterocycles. The number of nitrogens with zero attached hydrogens (tertiary/aromatic N) is 6. The maximum Gasteiger partial charge on any atom is 0.407 e. The number of fused-ring (bicyclic) bond motifs is 2. The van der Waals surface area contributed by atoms with Crippen molar-refractivity contribution in [3.8, 4) is 16.8 Å². The van der Waals surface area contributed by atoms with Crippen molar-refractivity contribution in [1.82, 2.24) is 39.0 Å². The minimum absolute atomic E-state index is 0.0277. The summed E-state index contributed by atoms with van der Waals surface area (Å²) in [7, 11) is 1.51. The molecule has 1 fully saturated rings. The first-order valence-electron chi connectivity index (χ1n) is 17.2. The van der Waals surface area contributed by atoms with Crippen molar-refractivity contribution in [2.45, 2.75) is 44.3 Å². The van der Waals surface area contributed by atoms with Gasteiger partial charge in [-0.05, 0) is 72.7 Å². The first-order valence-corrected chi connectivity index (χ1v) is 17.2. The second-order valence-electron chi connectivity index (χ2n) is 13.2. The summed E-state index contributed by atoms with van der Waals surface area (Å²) in [6.07, 6.45) is 4.45. The number of imidazole rings is 1. The van der Waals surface area contributed by atoms with Crippen molar-refractivity contribution in [1.29, 1.82) is 0 Å². The van der Waals surface area contributed by atoms with Gasteiger partial charge >= 0.3 is 11.8 Å². The maximum absolute atomic E-state index is 14.5. The molecule has 0 unspecified atom stereocenters. The van der Waals surface area contributed by atoms with Crippen molar-refractivity contribution in [3.05, 3.63) is 129 Å². The number of aromatic nitrogens is 5. The Morgan fingerprint density at radius 3 is 2.47 bits per heavy atom. The number of pyridine rings is 2. The fraction of sp³-hybridized carbons (Fsp3) is 0.263. The zero-order valence-electron chi connectivity index (χ0n) is 28.7. The number of likely N-dealkylation sites (N-methyl/N-ethyl adjacent to an activating group) is 1. The summed E-state index contributed by atoms with van der Waals surface area (Å²) < 4.78 is 32.1. The summed E-state index contributed by atoms with van der Waals surface area (Å²) in [5.41, 5.74) is 2.53. The van der Waals surface area contributed by atoms with Gasteiger partial charge in [-0.15, -0.1) is 0 Å². The van der Waals surface area contributed by atoms with Crippen LogP contribution in [0.5, 0.6) is 0 Å². The van der Waals surface area contributed by atoms with E-state index in [0.717, 1.165) is 29.0 Å². The third-order valence-electron chi connectivity index (χ3n) is 9.61. The predicted octanol–water partition coefficient (Wildman–Crippen LogP) is 4.75. The summed E-state index contributed by atoms with van der Waals surface area (Å²) in [5.74, 6) is -1.56. The smallest absolute Gasteiger partial charge is 0.407 e. The SMILES string of the molecule is CN(CCNCc1ccc(-c2cccc(-n3c(=O)n(C4CCC(NC(=O)c5cn6cc(F)ccc6n5)CC4)c(=O)c4cc(F)cnc43)c2)cc1)C(=O)O. The van der Waals surface area contributed by atoms with Gasteiger partial charge in [-0.3, -0.25) is 14.2 Å². The Kier molecular flexibility index (Phi) is 9.82. The molecule has 0 radical (unpaired) electrons. The van der Waals surface area contributed by atoms with Crippen molar-refractivity contribution < 1.29 is 23.5 Å². The van der Waals surface area contributed by atoms with Gasteiger partial charge in [-0.2, -0.15) is 0 Å². The molecule has 4 aromatic heterocycles. The Hall–Kier alpha value is -6.22. The van der Waals surface area contributed by atoms with Crippen LogP contribution in [0.2, 0.25) is 0 Å². The summed E-state index contributed by atoms with van der Waals surface area (Å²) in [6.45, 7) is 1.41. The van der Waals surface area contributed by atoms with Crippen LogP contribution >= 0.6 is 0 Å². The molecule has 0 atom stereocenters. The Morgan fingerprint density at radius 2 is 1.72 bits per heavy atom. The van der Waals surface area contributed by atoms with Crippen LogP contribution in [0.1, 0.15) is 47.8 Å². The van der Waals surface area contributed by atoms with Gasteiger partial charge in [0.05, 0.1) is 17.3 Å². The van der Waals surface area contributed by atoms with Gasteiger partial charge in [0.1, 0.15) is 23.0 Å². The van der Waals surface area contributed by atoms with E-state index in [0.29, 0.717) is 56.7 Å². The number of carbonyl (C=O) groups is 2. The van der Waals surface area contributed by atoms with Crippen LogP contribution in [0.3, 0.4) is 0 Å². The fourth-order valence-electron chi connectivity index (χ4n) is 6.76. The largest absolute Gasteiger partial charge is 0.465 e. The molecule has 0 spiro atoms. The van der Waals surface area contributed by atoms with Crippen LogP contribution in [0.25, 0.3) is 33.5 Å². The zero-order chi connectivity index (χ0) is 37.2. The molecule has 0 aliphatic heterocycles. The van der Waals surface area contributed by atoms with Crippen LogP contribution < -0.4 is 21.9 Å². The number of hydrogen-bond acceptors (Lipinski definition) is 7. The van der Waals surface area contributed by atoms with Gasteiger partial charge in [0.2, 0.25) is 0 Å². The molecule has 3 N–H and O–H groups in total. The highest BCUT2D eigenvalue weighted by Crippen LogP contribution is 2.28. The Morgan fingerprint density at radius 1 is 0.943 bits per heavy atom. The fourth-order valence-corrected chi connectivity index (χ4v) is 6.76. The monoisotopic (exact) mass is 722 g/mol. The summed E-state index contributed by atoms with van der Waals surface area (Å²) in [5, 5.41) is 15.2. The molecule has 1 aliphatic carbocycles. The molecule has 0 bridgehead atoms. The molecule has 13 nitrogen and oxygen atoms in total. The van der Waals surface area contributed by atoms with E-state index in [9.17, 15) is 28.0 Å². The van der Waals surface area contributed by atoms with Crippen LogP contribution in [0.15, 0.2) is 94.9 Å². The molecule has 272 valence electrons. The first kappa shape index (κ1) is 35.2. The van der Waals surface area contributed by atoms with Gasteiger partial charge in [-0.25, -0.2) is 32.9 Å². The van der Waals surface area contributed by atoms with Gasteiger partial charge in [0, 0.05) is 51.2 Å². The Balaban J connectivity index is 1.11. The normalized spacial score (nSPS) is 15.8. The molecular weight excluding hydrogens is 686 g/mol. The van der Waals surface area contributed by atoms with E-state index >= 15 is 0 Å². The highest BCUT2D eigenvalue weighted by molar-refractivity contribution is 5.93. The van der Waals surface area contributed by atoms with Crippen LogP contribution in [0.4, 0.5) is 13.6 Å². The lowest BCUT2D eigenvalue weighted by Gasteiger charge is -2.30. The van der Waals surface area contributed by atoms with Crippen molar-refractivity contribution in [3.63, 3.8) is 0 Å².